The predicted molar refractivity (Wildman–Crippen MR) is 217 cm³/mol. The number of thioether (sulfide) groups is 1. The van der Waals surface area contributed by atoms with E-state index in [4.69, 9.17) is 15.2 Å². The van der Waals surface area contributed by atoms with Gasteiger partial charge in [0.1, 0.15) is 5.75 Å². The predicted octanol–water partition coefficient (Wildman–Crippen LogP) is 6.87. The molecule has 1 aliphatic heterocycles. The van der Waals surface area contributed by atoms with Gasteiger partial charge in [0, 0.05) is 37.1 Å². The Bertz CT molecular complexity index is 2290. The Hall–Kier alpha value is -6.06. The van der Waals surface area contributed by atoms with E-state index in [9.17, 15) is 19.8 Å². The summed E-state index contributed by atoms with van der Waals surface area (Å²) in [5, 5.41) is 38.0. The first-order valence-corrected chi connectivity index (χ1v) is 19.6. The molecular weight excluding hydrogens is 743 g/mol. The number of carbonyl (C=O) groups excluding carboxylic acids is 2. The minimum absolute atomic E-state index is 0.0425. The summed E-state index contributed by atoms with van der Waals surface area (Å²) in [5.74, 6) is 0.383. The molecule has 2 heterocycles. The molecule has 6 aromatic rings. The van der Waals surface area contributed by atoms with Crippen molar-refractivity contribution >= 4 is 35.0 Å². The number of para-hydroxylation sites is 2. The number of nitrogens with zero attached hydrogens (tertiary/aromatic N) is 4. The third kappa shape index (κ3) is 10.4. The number of anilines is 2. The summed E-state index contributed by atoms with van der Waals surface area (Å²) >= 11 is 1.47. The fraction of sp³-hybridized carbons (Fsp3) is 0.233. The van der Waals surface area contributed by atoms with E-state index in [0.29, 0.717) is 41.7 Å². The van der Waals surface area contributed by atoms with Gasteiger partial charge in [0.25, 0.3) is 0 Å². The number of nitrogens with one attached hydrogen (secondary N) is 2. The van der Waals surface area contributed by atoms with Crippen LogP contribution in [0.25, 0.3) is 16.8 Å². The lowest BCUT2D eigenvalue weighted by atomic mass is 9.99. The Morgan fingerprint density at radius 2 is 1.58 bits per heavy atom. The van der Waals surface area contributed by atoms with E-state index in [-0.39, 0.29) is 49.2 Å². The van der Waals surface area contributed by atoms with Crippen LogP contribution in [0.3, 0.4) is 0 Å². The van der Waals surface area contributed by atoms with Crippen LogP contribution in [-0.4, -0.2) is 54.1 Å². The number of hydrogen-bond acceptors (Lipinski definition) is 11. The van der Waals surface area contributed by atoms with Crippen molar-refractivity contribution in [1.29, 1.82) is 0 Å². The molecule has 1 aliphatic rings. The number of aromatic nitrogens is 4. The Morgan fingerprint density at radius 1 is 0.825 bits per heavy atom. The van der Waals surface area contributed by atoms with Crippen molar-refractivity contribution in [2.24, 2.45) is 0 Å². The summed E-state index contributed by atoms with van der Waals surface area (Å²) in [6.07, 6.45) is 0.260. The lowest BCUT2D eigenvalue weighted by Crippen LogP contribution is -2.31. The lowest BCUT2D eigenvalue weighted by Gasteiger charge is -2.36. The molecule has 14 heteroatoms. The standard InChI is InChI=1S/C43H43N7O6S/c44-37-10-1-2-11-38(37)46-41(54)13-5-12-40(53)45-25-29-6-3-7-31(22-29)32-8-4-9-33(23-32)42-55-36(24-39(56-42)30-16-14-28(26-51)15-17-30)27-57-43-47-48-49-50(43)34-18-20-35(52)21-19-34/h1-4,6-11,14-23,36,39,42,51-52H,5,12-13,24-27,44H2,(H,45,53)(H,46,54)/t36-,39+,42+/m0/s1. The number of nitrogens with two attached hydrogens (primary N) is 1. The highest BCUT2D eigenvalue weighted by atomic mass is 32.2. The number of benzene rings is 5. The smallest absolute Gasteiger partial charge is 0.224 e. The number of tetrazole rings is 1. The second-order valence-corrected chi connectivity index (χ2v) is 14.6. The van der Waals surface area contributed by atoms with Crippen molar-refractivity contribution in [1.82, 2.24) is 25.5 Å². The van der Waals surface area contributed by atoms with Gasteiger partial charge in [-0.15, -0.1) is 5.10 Å². The van der Waals surface area contributed by atoms with Crippen LogP contribution in [-0.2, 0) is 32.2 Å². The molecule has 13 nitrogen and oxygen atoms in total. The maximum atomic E-state index is 12.7. The molecule has 1 saturated heterocycles. The molecular formula is C43H43N7O6S. The van der Waals surface area contributed by atoms with Gasteiger partial charge in [-0.3, -0.25) is 9.59 Å². The molecule has 0 unspecified atom stereocenters. The summed E-state index contributed by atoms with van der Waals surface area (Å²) < 4.78 is 14.9. The molecule has 2 amide bonds. The summed E-state index contributed by atoms with van der Waals surface area (Å²) in [5.41, 5.74) is 13.2. The molecule has 1 fully saturated rings. The zero-order valence-electron chi connectivity index (χ0n) is 31.0. The van der Waals surface area contributed by atoms with Crippen molar-refractivity contribution < 1.29 is 29.3 Å². The van der Waals surface area contributed by atoms with Crippen LogP contribution < -0.4 is 16.4 Å². The van der Waals surface area contributed by atoms with E-state index in [1.807, 2.05) is 66.7 Å². The third-order valence-corrected chi connectivity index (χ3v) is 10.6. The highest BCUT2D eigenvalue weighted by Gasteiger charge is 2.33. The average Bonchev–Trinajstić information content (AvgIpc) is 3.72. The Kier molecular flexibility index (Phi) is 12.9. The zero-order valence-corrected chi connectivity index (χ0v) is 31.8. The quantitative estimate of drug-likeness (QED) is 0.0540. The van der Waals surface area contributed by atoms with Gasteiger partial charge in [-0.05, 0) is 93.2 Å². The van der Waals surface area contributed by atoms with E-state index in [0.717, 1.165) is 39.1 Å². The number of aromatic hydroxyl groups is 1. The van der Waals surface area contributed by atoms with Gasteiger partial charge in [-0.2, -0.15) is 4.68 Å². The van der Waals surface area contributed by atoms with E-state index in [1.54, 1.807) is 53.2 Å². The van der Waals surface area contributed by atoms with Crippen molar-refractivity contribution in [3.63, 3.8) is 0 Å². The van der Waals surface area contributed by atoms with Crippen LogP contribution in [0.4, 0.5) is 11.4 Å². The highest BCUT2D eigenvalue weighted by Crippen LogP contribution is 2.40. The first kappa shape index (κ1) is 39.2. The second kappa shape index (κ2) is 18.7. The summed E-state index contributed by atoms with van der Waals surface area (Å²) in [7, 11) is 0. The molecule has 57 heavy (non-hydrogen) atoms. The fourth-order valence-corrected chi connectivity index (χ4v) is 7.37. The van der Waals surface area contributed by atoms with Crippen LogP contribution in [0, 0.1) is 0 Å². The number of hydrogen-bond donors (Lipinski definition) is 5. The topological polar surface area (TPSA) is 187 Å². The molecule has 7 rings (SSSR count). The van der Waals surface area contributed by atoms with E-state index in [2.05, 4.69) is 32.2 Å². The molecule has 292 valence electrons. The number of aliphatic hydroxyl groups excluding tert-OH is 1. The van der Waals surface area contributed by atoms with Crippen molar-refractivity contribution in [2.75, 3.05) is 16.8 Å². The molecule has 1 aromatic heterocycles. The number of carbonyl (C=O) groups is 2. The second-order valence-electron chi connectivity index (χ2n) is 13.6. The minimum atomic E-state index is -0.672. The van der Waals surface area contributed by atoms with Crippen molar-refractivity contribution in [3.05, 3.63) is 144 Å². The van der Waals surface area contributed by atoms with E-state index in [1.165, 1.54) is 11.8 Å². The van der Waals surface area contributed by atoms with Gasteiger partial charge in [0.2, 0.25) is 17.0 Å². The maximum absolute atomic E-state index is 12.7. The number of ether oxygens (including phenoxy) is 2. The molecule has 6 N–H and O–H groups in total. The SMILES string of the molecule is Nc1ccccc1NC(=O)CCCC(=O)NCc1cccc(-c2cccc([C@@H]3O[C@H](CSc4nnnn4-c4ccc(O)cc4)C[C@H](c4ccc(CO)cc4)O3)c2)c1. The van der Waals surface area contributed by atoms with Gasteiger partial charge >= 0.3 is 0 Å². The third-order valence-electron chi connectivity index (χ3n) is 9.50. The average molecular weight is 786 g/mol. The first-order chi connectivity index (χ1) is 27.8. The molecule has 5 aromatic carbocycles. The maximum Gasteiger partial charge on any atom is 0.224 e. The molecule has 0 bridgehead atoms. The van der Waals surface area contributed by atoms with Crippen LogP contribution in [0.2, 0.25) is 0 Å². The highest BCUT2D eigenvalue weighted by molar-refractivity contribution is 7.99. The largest absolute Gasteiger partial charge is 0.508 e. The van der Waals surface area contributed by atoms with Gasteiger partial charge in [-0.1, -0.05) is 84.6 Å². The van der Waals surface area contributed by atoms with Gasteiger partial charge in [-0.25, -0.2) is 0 Å². The van der Waals surface area contributed by atoms with Crippen molar-refractivity contribution in [2.45, 2.75) is 62.5 Å². The first-order valence-electron chi connectivity index (χ1n) is 18.6. The van der Waals surface area contributed by atoms with Gasteiger partial charge in [0.15, 0.2) is 6.29 Å². The van der Waals surface area contributed by atoms with Crippen LogP contribution in [0.15, 0.2) is 126 Å². The van der Waals surface area contributed by atoms with E-state index >= 15 is 0 Å². The number of phenols is 1. The number of phenolic OH excluding ortho intramolecular Hbond substituents is 1. The number of aliphatic hydroxyl groups is 1. The fourth-order valence-electron chi connectivity index (χ4n) is 6.46. The van der Waals surface area contributed by atoms with Crippen molar-refractivity contribution in [3.8, 4) is 22.6 Å². The van der Waals surface area contributed by atoms with Crippen LogP contribution in [0.5, 0.6) is 5.75 Å². The number of rotatable bonds is 15. The Balaban J connectivity index is 0.996. The molecule has 3 atom stereocenters. The Labute approximate surface area is 334 Å². The van der Waals surface area contributed by atoms with Crippen LogP contribution >= 0.6 is 11.8 Å². The summed E-state index contributed by atoms with van der Waals surface area (Å²) in [6.45, 7) is 0.305. The number of amides is 2. The number of nitrogen functional groups attached to an aromatic ring is 1. The summed E-state index contributed by atoms with van der Waals surface area (Å²) in [6, 6.07) is 37.5. The molecule has 0 spiro atoms. The molecule has 0 radical (unpaired) electrons. The van der Waals surface area contributed by atoms with Gasteiger partial charge in [0.05, 0.1) is 35.9 Å². The normalized spacial score (nSPS) is 16.5. The minimum Gasteiger partial charge on any atom is -0.508 e. The monoisotopic (exact) mass is 785 g/mol. The molecule has 0 saturated carbocycles. The summed E-state index contributed by atoms with van der Waals surface area (Å²) in [4.78, 5) is 25.0. The van der Waals surface area contributed by atoms with Gasteiger partial charge < -0.3 is 36.1 Å². The van der Waals surface area contributed by atoms with E-state index < -0.39 is 6.29 Å². The molecule has 0 aliphatic carbocycles. The zero-order chi connectivity index (χ0) is 39.6. The Morgan fingerprint density at radius 3 is 2.37 bits per heavy atom. The van der Waals surface area contributed by atoms with Crippen LogP contribution in [0.1, 0.15) is 60.3 Å². The lowest BCUT2D eigenvalue weighted by molar-refractivity contribution is -0.245.